The molecule has 0 aliphatic heterocycles. The number of hydrogen-bond donors (Lipinski definition) is 1. The van der Waals surface area contributed by atoms with Gasteiger partial charge in [-0.1, -0.05) is 24.3 Å². The van der Waals surface area contributed by atoms with Gasteiger partial charge in [-0.25, -0.2) is 4.98 Å². The summed E-state index contributed by atoms with van der Waals surface area (Å²) in [7, 11) is 3.29. The Balaban J connectivity index is 1.70. The maximum atomic E-state index is 5.38. The van der Waals surface area contributed by atoms with Crippen LogP contribution < -0.4 is 19.7 Å². The summed E-state index contributed by atoms with van der Waals surface area (Å²) in [6, 6.07) is 18.1. The minimum Gasteiger partial charge on any atom is -0.493 e. The van der Waals surface area contributed by atoms with E-state index in [2.05, 4.69) is 34.3 Å². The molecule has 0 fully saturated rings. The maximum absolute atomic E-state index is 5.38. The normalized spacial score (nSPS) is 10.5. The van der Waals surface area contributed by atoms with E-state index in [1.165, 1.54) is 5.56 Å². The first-order chi connectivity index (χ1) is 14.1. The molecule has 6 nitrogen and oxygen atoms in total. The van der Waals surface area contributed by atoms with Crippen LogP contribution in [-0.4, -0.2) is 37.3 Å². The number of anilines is 3. The van der Waals surface area contributed by atoms with Gasteiger partial charge < -0.3 is 19.7 Å². The molecular formula is C23H28N4O2. The zero-order valence-electron chi connectivity index (χ0n) is 17.5. The summed E-state index contributed by atoms with van der Waals surface area (Å²) >= 11 is 0. The standard InChI is InChI=1S/C23H28N4O2/c1-5-27(19-9-7-6-8-10-19)23-25-17(2)15-22(26-23)24-14-13-18-11-12-20(28-3)21(16-18)29-4/h6-12,15-16H,5,13-14H2,1-4H3,(H,24,25,26). The molecule has 29 heavy (non-hydrogen) atoms. The predicted octanol–water partition coefficient (Wildman–Crippen LogP) is 4.61. The van der Waals surface area contributed by atoms with Gasteiger partial charge >= 0.3 is 0 Å². The van der Waals surface area contributed by atoms with Crippen LogP contribution >= 0.6 is 0 Å². The van der Waals surface area contributed by atoms with Gasteiger partial charge in [0.1, 0.15) is 5.82 Å². The second-order valence-corrected chi connectivity index (χ2v) is 6.64. The lowest BCUT2D eigenvalue weighted by molar-refractivity contribution is 0.354. The SMILES string of the molecule is CCN(c1ccccc1)c1nc(C)cc(NCCc2ccc(OC)c(OC)c2)n1. The van der Waals surface area contributed by atoms with E-state index in [0.29, 0.717) is 5.95 Å². The van der Waals surface area contributed by atoms with Crippen molar-refractivity contribution >= 4 is 17.5 Å². The van der Waals surface area contributed by atoms with Crippen molar-refractivity contribution in [3.63, 3.8) is 0 Å². The summed E-state index contributed by atoms with van der Waals surface area (Å²) in [4.78, 5) is 11.5. The molecule has 0 saturated carbocycles. The van der Waals surface area contributed by atoms with Gasteiger partial charge in [0, 0.05) is 30.5 Å². The summed E-state index contributed by atoms with van der Waals surface area (Å²) in [5.74, 6) is 3.00. The molecule has 3 rings (SSSR count). The minimum absolute atomic E-state index is 0.701. The molecule has 6 heteroatoms. The van der Waals surface area contributed by atoms with Crippen molar-refractivity contribution in [3.05, 3.63) is 65.9 Å². The van der Waals surface area contributed by atoms with E-state index < -0.39 is 0 Å². The Labute approximate surface area is 172 Å². The van der Waals surface area contributed by atoms with E-state index in [9.17, 15) is 0 Å². The number of aromatic nitrogens is 2. The number of benzene rings is 2. The molecule has 2 aromatic carbocycles. The van der Waals surface area contributed by atoms with Crippen molar-refractivity contribution in [2.45, 2.75) is 20.3 Å². The van der Waals surface area contributed by atoms with Gasteiger partial charge in [0.2, 0.25) is 5.95 Å². The van der Waals surface area contributed by atoms with Crippen molar-refractivity contribution in [1.29, 1.82) is 0 Å². The van der Waals surface area contributed by atoms with Crippen molar-refractivity contribution in [2.24, 2.45) is 0 Å². The summed E-state index contributed by atoms with van der Waals surface area (Å²) in [5, 5.41) is 3.42. The molecule has 0 bridgehead atoms. The fourth-order valence-electron chi connectivity index (χ4n) is 3.18. The summed E-state index contributed by atoms with van der Waals surface area (Å²) in [6.07, 6.45) is 0.842. The van der Waals surface area contributed by atoms with Gasteiger partial charge in [-0.2, -0.15) is 4.98 Å². The lowest BCUT2D eigenvalue weighted by atomic mass is 10.1. The van der Waals surface area contributed by atoms with E-state index in [4.69, 9.17) is 14.5 Å². The van der Waals surface area contributed by atoms with E-state index in [1.54, 1.807) is 14.2 Å². The second kappa shape index (κ2) is 9.78. The lowest BCUT2D eigenvalue weighted by Crippen LogP contribution is -2.20. The monoisotopic (exact) mass is 392 g/mol. The lowest BCUT2D eigenvalue weighted by Gasteiger charge is -2.22. The molecule has 0 amide bonds. The highest BCUT2D eigenvalue weighted by molar-refractivity contribution is 5.58. The summed E-state index contributed by atoms with van der Waals surface area (Å²) in [6.45, 7) is 5.63. The van der Waals surface area contributed by atoms with Gasteiger partial charge in [-0.3, -0.25) is 0 Å². The van der Waals surface area contributed by atoms with Crippen LogP contribution in [0.15, 0.2) is 54.6 Å². The molecule has 0 aliphatic carbocycles. The van der Waals surface area contributed by atoms with Crippen molar-refractivity contribution < 1.29 is 9.47 Å². The van der Waals surface area contributed by atoms with E-state index in [0.717, 1.165) is 48.2 Å². The Morgan fingerprint density at radius 1 is 0.931 bits per heavy atom. The number of aryl methyl sites for hydroxylation is 1. The zero-order chi connectivity index (χ0) is 20.6. The zero-order valence-corrected chi connectivity index (χ0v) is 17.5. The second-order valence-electron chi connectivity index (χ2n) is 6.64. The van der Waals surface area contributed by atoms with Gasteiger partial charge in [0.05, 0.1) is 14.2 Å². The number of rotatable bonds is 9. The first kappa shape index (κ1) is 20.5. The third-order valence-electron chi connectivity index (χ3n) is 4.64. The molecule has 0 radical (unpaired) electrons. The van der Waals surface area contributed by atoms with Crippen LogP contribution in [0.2, 0.25) is 0 Å². The Morgan fingerprint density at radius 3 is 2.38 bits per heavy atom. The summed E-state index contributed by atoms with van der Waals surface area (Å²) in [5.41, 5.74) is 3.18. The number of methoxy groups -OCH3 is 2. The minimum atomic E-state index is 0.701. The molecule has 0 atom stereocenters. The Bertz CT molecular complexity index is 931. The number of nitrogens with zero attached hydrogens (tertiary/aromatic N) is 3. The van der Waals surface area contributed by atoms with Crippen LogP contribution in [0.4, 0.5) is 17.5 Å². The molecule has 0 spiro atoms. The van der Waals surface area contributed by atoms with Crippen LogP contribution in [0.5, 0.6) is 11.5 Å². The maximum Gasteiger partial charge on any atom is 0.232 e. The fourth-order valence-corrected chi connectivity index (χ4v) is 3.18. The van der Waals surface area contributed by atoms with E-state index >= 15 is 0 Å². The van der Waals surface area contributed by atoms with Crippen LogP contribution in [0, 0.1) is 6.92 Å². The predicted molar refractivity (Wildman–Crippen MR) is 118 cm³/mol. The van der Waals surface area contributed by atoms with Gasteiger partial charge in [0.15, 0.2) is 11.5 Å². The molecular weight excluding hydrogens is 364 g/mol. The molecule has 0 unspecified atom stereocenters. The van der Waals surface area contributed by atoms with Crippen molar-refractivity contribution in [3.8, 4) is 11.5 Å². The van der Waals surface area contributed by atoms with Crippen LogP contribution in [0.1, 0.15) is 18.2 Å². The first-order valence-corrected chi connectivity index (χ1v) is 9.77. The molecule has 3 aromatic rings. The average Bonchev–Trinajstić information content (AvgIpc) is 2.74. The topological polar surface area (TPSA) is 59.5 Å². The Hall–Kier alpha value is -3.28. The first-order valence-electron chi connectivity index (χ1n) is 9.77. The fraction of sp³-hybridized carbons (Fsp3) is 0.304. The molecule has 0 aliphatic rings. The smallest absolute Gasteiger partial charge is 0.232 e. The average molecular weight is 393 g/mol. The molecule has 1 aromatic heterocycles. The quantitative estimate of drug-likeness (QED) is 0.574. The summed E-state index contributed by atoms with van der Waals surface area (Å²) < 4.78 is 10.7. The van der Waals surface area contributed by atoms with Gasteiger partial charge in [-0.15, -0.1) is 0 Å². The van der Waals surface area contributed by atoms with Crippen LogP contribution in [-0.2, 0) is 6.42 Å². The highest BCUT2D eigenvalue weighted by Gasteiger charge is 2.12. The third kappa shape index (κ3) is 5.16. The van der Waals surface area contributed by atoms with Crippen molar-refractivity contribution in [1.82, 2.24) is 9.97 Å². The number of ether oxygens (including phenoxy) is 2. The van der Waals surface area contributed by atoms with Gasteiger partial charge in [-0.05, 0) is 50.1 Å². The number of para-hydroxylation sites is 1. The van der Waals surface area contributed by atoms with Crippen molar-refractivity contribution in [2.75, 3.05) is 37.5 Å². The van der Waals surface area contributed by atoms with E-state index in [-0.39, 0.29) is 0 Å². The highest BCUT2D eigenvalue weighted by atomic mass is 16.5. The number of hydrogen-bond acceptors (Lipinski definition) is 6. The molecule has 152 valence electrons. The Kier molecular flexibility index (Phi) is 6.89. The van der Waals surface area contributed by atoms with Gasteiger partial charge in [0.25, 0.3) is 0 Å². The van der Waals surface area contributed by atoms with Crippen LogP contribution in [0.25, 0.3) is 0 Å². The molecule has 0 saturated heterocycles. The molecule has 1 heterocycles. The van der Waals surface area contributed by atoms with Crippen LogP contribution in [0.3, 0.4) is 0 Å². The molecule has 1 N–H and O–H groups in total. The number of nitrogens with one attached hydrogen (secondary N) is 1. The highest BCUT2D eigenvalue weighted by Crippen LogP contribution is 2.28. The largest absolute Gasteiger partial charge is 0.493 e. The van der Waals surface area contributed by atoms with E-state index in [1.807, 2.05) is 49.4 Å². The Morgan fingerprint density at radius 2 is 1.69 bits per heavy atom. The third-order valence-corrected chi connectivity index (χ3v) is 4.64.